The van der Waals surface area contributed by atoms with Crippen molar-refractivity contribution in [3.8, 4) is 0 Å². The van der Waals surface area contributed by atoms with Crippen LogP contribution in [0.3, 0.4) is 0 Å². The van der Waals surface area contributed by atoms with Crippen molar-refractivity contribution in [1.82, 2.24) is 10.2 Å². The van der Waals surface area contributed by atoms with Gasteiger partial charge in [-0.25, -0.2) is 0 Å². The highest BCUT2D eigenvalue weighted by atomic mass is 15.1. The van der Waals surface area contributed by atoms with Crippen molar-refractivity contribution in [2.24, 2.45) is 5.92 Å². The van der Waals surface area contributed by atoms with E-state index in [1.54, 1.807) is 0 Å². The minimum Gasteiger partial charge on any atom is -0.316 e. The van der Waals surface area contributed by atoms with Crippen molar-refractivity contribution >= 4 is 0 Å². The number of piperidine rings is 1. The molecular weight excluding hydrogens is 232 g/mol. The zero-order valence-corrected chi connectivity index (χ0v) is 12.7. The molecule has 0 saturated carbocycles. The van der Waals surface area contributed by atoms with Crippen LogP contribution >= 0.6 is 0 Å². The summed E-state index contributed by atoms with van der Waals surface area (Å²) in [6, 6.07) is 9.60. The van der Waals surface area contributed by atoms with Crippen LogP contribution in [-0.4, -0.2) is 31.6 Å². The van der Waals surface area contributed by atoms with E-state index < -0.39 is 0 Å². The van der Waals surface area contributed by atoms with Gasteiger partial charge < -0.3 is 5.32 Å². The lowest BCUT2D eigenvalue weighted by atomic mass is 9.96. The van der Waals surface area contributed by atoms with Crippen molar-refractivity contribution in [2.75, 3.05) is 26.7 Å². The first-order chi connectivity index (χ1) is 9.20. The van der Waals surface area contributed by atoms with Crippen molar-refractivity contribution in [3.63, 3.8) is 0 Å². The highest BCUT2D eigenvalue weighted by Gasteiger charge is 2.20. The molecule has 2 unspecified atom stereocenters. The number of hydrogen-bond acceptors (Lipinski definition) is 2. The van der Waals surface area contributed by atoms with Crippen LogP contribution in [0, 0.1) is 12.8 Å². The lowest BCUT2D eigenvalue weighted by Gasteiger charge is -2.33. The maximum atomic E-state index is 3.52. The molecule has 19 heavy (non-hydrogen) atoms. The molecule has 1 fully saturated rings. The summed E-state index contributed by atoms with van der Waals surface area (Å²) in [6.07, 6.45) is 3.89. The van der Waals surface area contributed by atoms with Crippen LogP contribution in [-0.2, 0) is 0 Å². The van der Waals surface area contributed by atoms with Gasteiger partial charge >= 0.3 is 0 Å². The second-order valence-corrected chi connectivity index (χ2v) is 5.99. The van der Waals surface area contributed by atoms with Gasteiger partial charge in [-0.3, -0.25) is 4.90 Å². The Morgan fingerprint density at radius 1 is 1.32 bits per heavy atom. The summed E-state index contributed by atoms with van der Waals surface area (Å²) in [4.78, 5) is 2.54. The smallest absolute Gasteiger partial charge is 0.0342 e. The van der Waals surface area contributed by atoms with Gasteiger partial charge in [0.25, 0.3) is 0 Å². The molecule has 1 aromatic rings. The van der Waals surface area contributed by atoms with Crippen LogP contribution in [0.4, 0.5) is 0 Å². The van der Waals surface area contributed by atoms with E-state index in [0.717, 1.165) is 5.92 Å². The molecule has 2 heteroatoms. The molecule has 1 saturated heterocycles. The molecular formula is C17H28N2. The summed E-state index contributed by atoms with van der Waals surface area (Å²) in [6.45, 7) is 8.05. The number of nitrogens with zero attached hydrogens (tertiary/aromatic N) is 1. The van der Waals surface area contributed by atoms with Crippen LogP contribution in [0.15, 0.2) is 24.3 Å². The lowest BCUT2D eigenvalue weighted by Crippen LogP contribution is -2.38. The van der Waals surface area contributed by atoms with Gasteiger partial charge in [-0.05, 0) is 57.8 Å². The maximum Gasteiger partial charge on any atom is 0.0342 e. The molecule has 1 N–H and O–H groups in total. The Balaban J connectivity index is 1.97. The van der Waals surface area contributed by atoms with Gasteiger partial charge in [0.1, 0.15) is 0 Å². The molecule has 1 heterocycles. The summed E-state index contributed by atoms with van der Waals surface area (Å²) >= 11 is 0. The molecule has 0 aliphatic carbocycles. The largest absolute Gasteiger partial charge is 0.316 e. The monoisotopic (exact) mass is 260 g/mol. The summed E-state index contributed by atoms with van der Waals surface area (Å²) in [5.74, 6) is 0.818. The quantitative estimate of drug-likeness (QED) is 0.873. The maximum absolute atomic E-state index is 3.52. The van der Waals surface area contributed by atoms with E-state index in [1.165, 1.54) is 50.0 Å². The Labute approximate surface area is 118 Å². The fraction of sp³-hybridized carbons (Fsp3) is 0.647. The topological polar surface area (TPSA) is 15.3 Å². The third-order valence-corrected chi connectivity index (χ3v) is 4.33. The Kier molecular flexibility index (Phi) is 5.41. The van der Waals surface area contributed by atoms with Crippen molar-refractivity contribution in [2.45, 2.75) is 39.2 Å². The molecule has 0 bridgehead atoms. The third kappa shape index (κ3) is 4.05. The summed E-state index contributed by atoms with van der Waals surface area (Å²) < 4.78 is 0. The first kappa shape index (κ1) is 14.5. The van der Waals surface area contributed by atoms with E-state index in [1.807, 2.05) is 0 Å². The fourth-order valence-electron chi connectivity index (χ4n) is 3.20. The predicted octanol–water partition coefficient (Wildman–Crippen LogP) is 3.38. The number of aryl methyl sites for hydroxylation is 1. The molecule has 0 radical (unpaired) electrons. The van der Waals surface area contributed by atoms with E-state index in [-0.39, 0.29) is 0 Å². The highest BCUT2D eigenvalue weighted by molar-refractivity contribution is 5.24. The summed E-state index contributed by atoms with van der Waals surface area (Å²) in [5, 5.41) is 3.52. The van der Waals surface area contributed by atoms with Crippen LogP contribution in [0.25, 0.3) is 0 Å². The molecule has 2 atom stereocenters. The Morgan fingerprint density at radius 2 is 2.05 bits per heavy atom. The Bertz CT molecular complexity index is 365. The molecule has 1 aliphatic rings. The van der Waals surface area contributed by atoms with Gasteiger partial charge in [0.15, 0.2) is 0 Å². The van der Waals surface area contributed by atoms with Crippen molar-refractivity contribution < 1.29 is 0 Å². The molecule has 2 nitrogen and oxygen atoms in total. The Morgan fingerprint density at radius 3 is 2.63 bits per heavy atom. The highest BCUT2D eigenvalue weighted by Crippen LogP contribution is 2.25. The second kappa shape index (κ2) is 7.06. The molecule has 0 amide bonds. The van der Waals surface area contributed by atoms with Crippen LogP contribution in [0.1, 0.15) is 43.4 Å². The normalized spacial score (nSPS) is 21.6. The summed E-state index contributed by atoms with van der Waals surface area (Å²) in [7, 11) is 2.28. The third-order valence-electron chi connectivity index (χ3n) is 4.33. The molecule has 1 aromatic carbocycles. The van der Waals surface area contributed by atoms with Crippen LogP contribution in [0.2, 0.25) is 0 Å². The van der Waals surface area contributed by atoms with E-state index in [2.05, 4.69) is 55.4 Å². The van der Waals surface area contributed by atoms with Gasteiger partial charge in [-0.15, -0.1) is 0 Å². The van der Waals surface area contributed by atoms with E-state index >= 15 is 0 Å². The first-order valence-electron chi connectivity index (χ1n) is 7.68. The average Bonchev–Trinajstić information content (AvgIpc) is 2.43. The number of hydrogen-bond donors (Lipinski definition) is 1. The number of benzene rings is 1. The molecule has 0 spiro atoms. The van der Waals surface area contributed by atoms with Gasteiger partial charge in [0, 0.05) is 12.6 Å². The standard InChI is InChI=1S/C17H28N2/c1-4-17(16-9-7-14(2)8-10-16)19(3)13-15-6-5-11-18-12-15/h7-10,15,17-18H,4-6,11-13H2,1-3H3. The first-order valence-corrected chi connectivity index (χ1v) is 7.68. The summed E-state index contributed by atoms with van der Waals surface area (Å²) in [5.41, 5.74) is 2.80. The SMILES string of the molecule is CCC(c1ccc(C)cc1)N(C)CC1CCCNC1. The minimum absolute atomic E-state index is 0.558. The lowest BCUT2D eigenvalue weighted by molar-refractivity contribution is 0.185. The van der Waals surface area contributed by atoms with E-state index in [9.17, 15) is 0 Å². The molecule has 2 rings (SSSR count). The average molecular weight is 260 g/mol. The zero-order chi connectivity index (χ0) is 13.7. The molecule has 0 aromatic heterocycles. The molecule has 1 aliphatic heterocycles. The van der Waals surface area contributed by atoms with Crippen molar-refractivity contribution in [3.05, 3.63) is 35.4 Å². The molecule has 106 valence electrons. The number of rotatable bonds is 5. The predicted molar refractivity (Wildman–Crippen MR) is 82.4 cm³/mol. The minimum atomic E-state index is 0.558. The van der Waals surface area contributed by atoms with Gasteiger partial charge in [0.05, 0.1) is 0 Å². The van der Waals surface area contributed by atoms with Gasteiger partial charge in [-0.2, -0.15) is 0 Å². The van der Waals surface area contributed by atoms with Crippen molar-refractivity contribution in [1.29, 1.82) is 0 Å². The second-order valence-electron chi connectivity index (χ2n) is 5.99. The van der Waals surface area contributed by atoms with Gasteiger partial charge in [0.2, 0.25) is 0 Å². The van der Waals surface area contributed by atoms with E-state index in [0.29, 0.717) is 6.04 Å². The van der Waals surface area contributed by atoms with Gasteiger partial charge in [-0.1, -0.05) is 36.8 Å². The van der Waals surface area contributed by atoms with Crippen LogP contribution < -0.4 is 5.32 Å². The zero-order valence-electron chi connectivity index (χ0n) is 12.7. The van der Waals surface area contributed by atoms with E-state index in [4.69, 9.17) is 0 Å². The Hall–Kier alpha value is -0.860. The van der Waals surface area contributed by atoms with Crippen LogP contribution in [0.5, 0.6) is 0 Å². The number of nitrogens with one attached hydrogen (secondary N) is 1. The fourth-order valence-corrected chi connectivity index (χ4v) is 3.20.